The van der Waals surface area contributed by atoms with Crippen LogP contribution in [0.15, 0.2) is 0 Å². The number of H-pyrrole nitrogens is 1. The molecule has 3 N–H and O–H groups in total. The van der Waals surface area contributed by atoms with E-state index in [1.54, 1.807) is 0 Å². The maximum absolute atomic E-state index is 5.71. The molecule has 1 rings (SSSR count). The minimum atomic E-state index is -0.287. The molecule has 0 fully saturated rings. The van der Waals surface area contributed by atoms with E-state index in [-0.39, 0.29) is 5.54 Å². The highest BCUT2D eigenvalue weighted by atomic mass is 15.3. The second-order valence-electron chi connectivity index (χ2n) is 3.62. The van der Waals surface area contributed by atoms with E-state index in [0.29, 0.717) is 6.54 Å². The van der Waals surface area contributed by atoms with E-state index in [1.807, 2.05) is 32.8 Å². The third kappa shape index (κ3) is 1.71. The van der Waals surface area contributed by atoms with Crippen LogP contribution in [0.2, 0.25) is 0 Å². The van der Waals surface area contributed by atoms with Gasteiger partial charge in [-0.3, -0.25) is 10.00 Å². The molecule has 0 aromatic carbocycles. The van der Waals surface area contributed by atoms with Crippen molar-refractivity contribution in [3.05, 3.63) is 11.6 Å². The number of aromatic amines is 1. The lowest BCUT2D eigenvalue weighted by molar-refractivity contribution is 0.171. The van der Waals surface area contributed by atoms with Gasteiger partial charge >= 0.3 is 0 Å². The van der Waals surface area contributed by atoms with Gasteiger partial charge in [-0.1, -0.05) is 0 Å². The molecule has 0 bridgehead atoms. The third-order valence-corrected chi connectivity index (χ3v) is 2.46. The highest BCUT2D eigenvalue weighted by Crippen LogP contribution is 2.20. The molecular weight excluding hydrogens is 166 g/mol. The van der Waals surface area contributed by atoms with Gasteiger partial charge in [-0.25, -0.2) is 4.98 Å². The zero-order chi connectivity index (χ0) is 10.1. The lowest BCUT2D eigenvalue weighted by atomic mass is 10.0. The first-order valence-corrected chi connectivity index (χ1v) is 4.27. The molecule has 1 aromatic rings. The number of rotatable bonds is 3. The van der Waals surface area contributed by atoms with Crippen LogP contribution >= 0.6 is 0 Å². The van der Waals surface area contributed by atoms with E-state index in [4.69, 9.17) is 5.73 Å². The van der Waals surface area contributed by atoms with Crippen LogP contribution < -0.4 is 5.73 Å². The van der Waals surface area contributed by atoms with Crippen LogP contribution in [0.3, 0.4) is 0 Å². The minimum Gasteiger partial charge on any atom is -0.328 e. The minimum absolute atomic E-state index is 0.287. The molecule has 0 saturated heterocycles. The van der Waals surface area contributed by atoms with Crippen LogP contribution in [0.5, 0.6) is 0 Å². The Morgan fingerprint density at radius 3 is 2.46 bits per heavy atom. The summed E-state index contributed by atoms with van der Waals surface area (Å²) in [5, 5.41) is 6.94. The molecule has 0 aliphatic rings. The molecule has 0 saturated carbocycles. The number of aryl methyl sites for hydroxylation is 1. The first-order chi connectivity index (χ1) is 6.00. The summed E-state index contributed by atoms with van der Waals surface area (Å²) >= 11 is 0. The van der Waals surface area contributed by atoms with Gasteiger partial charge < -0.3 is 5.73 Å². The van der Waals surface area contributed by atoms with Gasteiger partial charge in [0.05, 0.1) is 5.54 Å². The summed E-state index contributed by atoms with van der Waals surface area (Å²) in [6.07, 6.45) is 0. The Labute approximate surface area is 78.3 Å². The van der Waals surface area contributed by atoms with Gasteiger partial charge in [0.25, 0.3) is 0 Å². The molecule has 0 aliphatic carbocycles. The molecule has 0 radical (unpaired) electrons. The van der Waals surface area contributed by atoms with Crippen LogP contribution in [-0.4, -0.2) is 40.7 Å². The van der Waals surface area contributed by atoms with E-state index < -0.39 is 0 Å². The average Bonchev–Trinajstić information content (AvgIpc) is 2.50. The van der Waals surface area contributed by atoms with Crippen molar-refractivity contribution < 1.29 is 0 Å². The molecule has 1 atom stereocenters. The van der Waals surface area contributed by atoms with Crippen molar-refractivity contribution in [1.29, 1.82) is 0 Å². The Kier molecular flexibility index (Phi) is 2.68. The predicted molar refractivity (Wildman–Crippen MR) is 51.2 cm³/mol. The highest BCUT2D eigenvalue weighted by molar-refractivity contribution is 5.05. The van der Waals surface area contributed by atoms with Gasteiger partial charge in [-0.2, -0.15) is 5.10 Å². The SMILES string of the molecule is Cc1nc(C(C)(CN)N(C)C)n[nH]1. The summed E-state index contributed by atoms with van der Waals surface area (Å²) in [6, 6.07) is 0. The van der Waals surface area contributed by atoms with Crippen molar-refractivity contribution in [2.24, 2.45) is 5.73 Å². The lowest BCUT2D eigenvalue weighted by Crippen LogP contribution is -2.45. The van der Waals surface area contributed by atoms with E-state index in [0.717, 1.165) is 11.6 Å². The molecule has 1 aromatic heterocycles. The summed E-state index contributed by atoms with van der Waals surface area (Å²) in [5.41, 5.74) is 5.43. The van der Waals surface area contributed by atoms with Crippen molar-refractivity contribution in [1.82, 2.24) is 20.1 Å². The van der Waals surface area contributed by atoms with Gasteiger partial charge in [0.1, 0.15) is 5.82 Å². The largest absolute Gasteiger partial charge is 0.328 e. The second kappa shape index (κ2) is 3.43. The van der Waals surface area contributed by atoms with Gasteiger partial charge in [-0.15, -0.1) is 0 Å². The Morgan fingerprint density at radius 1 is 1.54 bits per heavy atom. The van der Waals surface area contributed by atoms with Crippen molar-refractivity contribution in [3.63, 3.8) is 0 Å². The molecule has 5 nitrogen and oxygen atoms in total. The van der Waals surface area contributed by atoms with Gasteiger partial charge in [0.15, 0.2) is 5.82 Å². The maximum Gasteiger partial charge on any atom is 0.171 e. The van der Waals surface area contributed by atoms with Gasteiger partial charge in [0.2, 0.25) is 0 Å². The first kappa shape index (κ1) is 10.1. The normalized spacial score (nSPS) is 16.2. The average molecular weight is 183 g/mol. The lowest BCUT2D eigenvalue weighted by Gasteiger charge is -2.32. The van der Waals surface area contributed by atoms with E-state index in [1.165, 1.54) is 0 Å². The van der Waals surface area contributed by atoms with Gasteiger partial charge in [0, 0.05) is 6.54 Å². The number of nitrogens with two attached hydrogens (primary N) is 1. The maximum atomic E-state index is 5.71. The van der Waals surface area contributed by atoms with E-state index >= 15 is 0 Å². The zero-order valence-corrected chi connectivity index (χ0v) is 8.63. The fourth-order valence-electron chi connectivity index (χ4n) is 1.06. The second-order valence-corrected chi connectivity index (χ2v) is 3.62. The highest BCUT2D eigenvalue weighted by Gasteiger charge is 2.31. The summed E-state index contributed by atoms with van der Waals surface area (Å²) < 4.78 is 0. The summed E-state index contributed by atoms with van der Waals surface area (Å²) in [4.78, 5) is 6.31. The van der Waals surface area contributed by atoms with E-state index in [9.17, 15) is 0 Å². The number of aromatic nitrogens is 3. The van der Waals surface area contributed by atoms with Crippen LogP contribution in [0.4, 0.5) is 0 Å². The number of likely N-dealkylation sites (N-methyl/N-ethyl adjacent to an activating group) is 1. The Hall–Kier alpha value is -0.940. The molecule has 0 amide bonds. The predicted octanol–water partition coefficient (Wildman–Crippen LogP) is -0.151. The molecule has 1 unspecified atom stereocenters. The van der Waals surface area contributed by atoms with Gasteiger partial charge in [-0.05, 0) is 27.9 Å². The quantitative estimate of drug-likeness (QED) is 0.683. The number of hydrogen-bond acceptors (Lipinski definition) is 4. The Bertz CT molecular complexity index is 280. The first-order valence-electron chi connectivity index (χ1n) is 4.27. The molecule has 0 aliphatic heterocycles. The molecular formula is C8H17N5. The molecule has 0 spiro atoms. The molecule has 1 heterocycles. The fourth-order valence-corrected chi connectivity index (χ4v) is 1.06. The van der Waals surface area contributed by atoms with Crippen LogP contribution in [0.1, 0.15) is 18.6 Å². The molecule has 5 heteroatoms. The van der Waals surface area contributed by atoms with Crippen molar-refractivity contribution in [3.8, 4) is 0 Å². The van der Waals surface area contributed by atoms with Crippen LogP contribution in [0.25, 0.3) is 0 Å². The number of hydrogen-bond donors (Lipinski definition) is 2. The van der Waals surface area contributed by atoms with Crippen molar-refractivity contribution >= 4 is 0 Å². The standard InChI is InChI=1S/C8H17N5/c1-6-10-7(12-11-6)8(2,5-9)13(3)4/h5,9H2,1-4H3,(H,10,11,12). The molecule has 74 valence electrons. The summed E-state index contributed by atoms with van der Waals surface area (Å²) in [7, 11) is 3.94. The van der Waals surface area contributed by atoms with Crippen LogP contribution in [0, 0.1) is 6.92 Å². The Morgan fingerprint density at radius 2 is 2.15 bits per heavy atom. The summed E-state index contributed by atoms with van der Waals surface area (Å²) in [6.45, 7) is 4.40. The fraction of sp³-hybridized carbons (Fsp3) is 0.750. The van der Waals surface area contributed by atoms with E-state index in [2.05, 4.69) is 15.2 Å². The Balaban J connectivity index is 3.02. The van der Waals surface area contributed by atoms with Crippen molar-refractivity contribution in [2.75, 3.05) is 20.6 Å². The number of nitrogens with zero attached hydrogens (tertiary/aromatic N) is 3. The smallest absolute Gasteiger partial charge is 0.171 e. The van der Waals surface area contributed by atoms with Crippen LogP contribution in [-0.2, 0) is 5.54 Å². The molecule has 13 heavy (non-hydrogen) atoms. The monoisotopic (exact) mass is 183 g/mol. The topological polar surface area (TPSA) is 70.8 Å². The third-order valence-electron chi connectivity index (χ3n) is 2.46. The number of nitrogens with one attached hydrogen (secondary N) is 1. The zero-order valence-electron chi connectivity index (χ0n) is 8.63. The van der Waals surface area contributed by atoms with Crippen molar-refractivity contribution in [2.45, 2.75) is 19.4 Å². The summed E-state index contributed by atoms with van der Waals surface area (Å²) in [5.74, 6) is 1.56.